The number of carbonyl (C=O) groups is 1. The molecule has 1 saturated carbocycles. The Balaban J connectivity index is 1.57. The van der Waals surface area contributed by atoms with Gasteiger partial charge in [-0.3, -0.25) is 4.79 Å². The summed E-state index contributed by atoms with van der Waals surface area (Å²) in [5.74, 6) is 1.65. The lowest BCUT2D eigenvalue weighted by molar-refractivity contribution is -0.118. The summed E-state index contributed by atoms with van der Waals surface area (Å²) in [5.41, 5.74) is 3.18. The Hall–Kier alpha value is -1.83. The van der Waals surface area contributed by atoms with Crippen molar-refractivity contribution >= 4 is 27.3 Å². The van der Waals surface area contributed by atoms with Crippen molar-refractivity contribution < 1.29 is 23.1 Å². The third kappa shape index (κ3) is 4.90. The minimum atomic E-state index is -0.543. The number of carbonyl (C=O) groups excluding carboxylic acids is 1. The predicted octanol–water partition coefficient (Wildman–Crippen LogP) is 6.10. The molecule has 4 rings (SSSR count). The molecule has 0 amide bonds. The number of halogens is 2. The molecule has 0 spiro atoms. The van der Waals surface area contributed by atoms with Gasteiger partial charge in [-0.2, -0.15) is 0 Å². The van der Waals surface area contributed by atoms with E-state index in [1.54, 1.807) is 19.1 Å². The summed E-state index contributed by atoms with van der Waals surface area (Å²) < 4.78 is 31.9. The van der Waals surface area contributed by atoms with Crippen LogP contribution in [0.4, 0.5) is 4.39 Å². The second-order valence-electron chi connectivity index (χ2n) is 8.65. The number of oxazole rings is 1. The second kappa shape index (κ2) is 9.98. The van der Waals surface area contributed by atoms with Crippen molar-refractivity contribution in [3.05, 3.63) is 58.6 Å². The number of hydrogen-bond acceptors (Lipinski definition) is 5. The molecule has 32 heavy (non-hydrogen) atoms. The van der Waals surface area contributed by atoms with Gasteiger partial charge in [-0.05, 0) is 62.3 Å². The van der Waals surface area contributed by atoms with Crippen LogP contribution in [-0.4, -0.2) is 35.4 Å². The van der Waals surface area contributed by atoms with Crippen LogP contribution >= 0.6 is 15.9 Å². The van der Waals surface area contributed by atoms with Crippen molar-refractivity contribution in [2.45, 2.75) is 64.1 Å². The van der Waals surface area contributed by atoms with E-state index in [1.807, 2.05) is 6.92 Å². The standard InChI is InChI=1S/C25H29BrFNO4/c1-14(17-6-8-19(27)9-7-17)10-12-30-24-22(31-13-11-26)20(16(3)29)15(2)21-23(24)32-25(28-21)18-4-5-18/h6-9,14,18,22,24H,4-5,10-13H2,1-3H3. The molecule has 0 N–H and O–H groups in total. The lowest BCUT2D eigenvalue weighted by Crippen LogP contribution is -2.34. The van der Waals surface area contributed by atoms with Gasteiger partial charge < -0.3 is 13.9 Å². The number of ether oxygens (including phenoxy) is 2. The fourth-order valence-electron chi connectivity index (χ4n) is 4.24. The Morgan fingerprint density at radius 1 is 1.22 bits per heavy atom. The largest absolute Gasteiger partial charge is 0.442 e. The number of benzene rings is 1. The number of allylic oxidation sites excluding steroid dienone is 1. The SMILES string of the molecule is CC(=O)C1=C(C)c2nc(C3CC3)oc2C(OCCC(C)c2ccc(F)cc2)C1OCCBr. The zero-order valence-corrected chi connectivity index (χ0v) is 20.3. The molecule has 0 aliphatic heterocycles. The summed E-state index contributed by atoms with van der Waals surface area (Å²) >= 11 is 3.40. The van der Waals surface area contributed by atoms with Gasteiger partial charge in [0, 0.05) is 23.4 Å². The van der Waals surface area contributed by atoms with Gasteiger partial charge in [0.2, 0.25) is 0 Å². The van der Waals surface area contributed by atoms with Crippen LogP contribution in [0.1, 0.15) is 80.9 Å². The monoisotopic (exact) mass is 505 g/mol. The number of aromatic nitrogens is 1. The van der Waals surface area contributed by atoms with E-state index < -0.39 is 12.2 Å². The maximum Gasteiger partial charge on any atom is 0.198 e. The highest BCUT2D eigenvalue weighted by Gasteiger charge is 2.43. The molecule has 0 bridgehead atoms. The predicted molar refractivity (Wildman–Crippen MR) is 123 cm³/mol. The maximum atomic E-state index is 13.2. The summed E-state index contributed by atoms with van der Waals surface area (Å²) in [4.78, 5) is 17.3. The Morgan fingerprint density at radius 3 is 2.53 bits per heavy atom. The van der Waals surface area contributed by atoms with Crippen molar-refractivity contribution in [2.75, 3.05) is 18.5 Å². The normalized spacial score (nSPS) is 21.5. The number of nitrogens with zero attached hydrogens (tertiary/aromatic N) is 1. The Bertz CT molecular complexity index is 996. The second-order valence-corrected chi connectivity index (χ2v) is 9.44. The summed E-state index contributed by atoms with van der Waals surface area (Å²) in [6, 6.07) is 6.56. The third-order valence-electron chi connectivity index (χ3n) is 6.21. The molecule has 2 aromatic rings. The average Bonchev–Trinajstić information content (AvgIpc) is 3.52. The maximum absolute atomic E-state index is 13.2. The van der Waals surface area contributed by atoms with Gasteiger partial charge in [-0.15, -0.1) is 0 Å². The van der Waals surface area contributed by atoms with Gasteiger partial charge in [0.25, 0.3) is 0 Å². The molecular formula is C25H29BrFNO4. The molecule has 7 heteroatoms. The first-order valence-corrected chi connectivity index (χ1v) is 12.3. The van der Waals surface area contributed by atoms with Gasteiger partial charge in [-0.1, -0.05) is 35.0 Å². The van der Waals surface area contributed by atoms with Crippen LogP contribution in [0.25, 0.3) is 5.57 Å². The highest BCUT2D eigenvalue weighted by atomic mass is 79.9. The van der Waals surface area contributed by atoms with Gasteiger partial charge in [-0.25, -0.2) is 9.37 Å². The van der Waals surface area contributed by atoms with Crippen molar-refractivity contribution in [1.29, 1.82) is 0 Å². The summed E-state index contributed by atoms with van der Waals surface area (Å²) in [7, 11) is 0. The van der Waals surface area contributed by atoms with E-state index in [0.717, 1.165) is 36.3 Å². The van der Waals surface area contributed by atoms with Crippen molar-refractivity contribution in [3.8, 4) is 0 Å². The molecule has 0 radical (unpaired) electrons. The number of Topliss-reactive ketones (excluding diaryl/α,β-unsaturated/α-hetero) is 1. The first kappa shape index (κ1) is 23.3. The van der Waals surface area contributed by atoms with Crippen LogP contribution in [0, 0.1) is 5.82 Å². The fraction of sp³-hybridized carbons (Fsp3) is 0.520. The van der Waals surface area contributed by atoms with Crippen LogP contribution in [0.5, 0.6) is 0 Å². The summed E-state index contributed by atoms with van der Waals surface area (Å²) in [6.07, 6.45) is 1.81. The molecule has 3 unspecified atom stereocenters. The van der Waals surface area contributed by atoms with Crippen LogP contribution in [-0.2, 0) is 14.3 Å². The van der Waals surface area contributed by atoms with E-state index in [1.165, 1.54) is 12.1 Å². The Kier molecular flexibility index (Phi) is 7.27. The molecule has 0 saturated heterocycles. The highest BCUT2D eigenvalue weighted by molar-refractivity contribution is 9.09. The van der Waals surface area contributed by atoms with Crippen molar-refractivity contribution in [1.82, 2.24) is 4.98 Å². The fourth-order valence-corrected chi connectivity index (χ4v) is 4.43. The molecule has 2 aliphatic carbocycles. The average molecular weight is 506 g/mol. The van der Waals surface area contributed by atoms with Crippen molar-refractivity contribution in [3.63, 3.8) is 0 Å². The van der Waals surface area contributed by atoms with Crippen LogP contribution < -0.4 is 0 Å². The number of ketones is 1. The topological polar surface area (TPSA) is 61.6 Å². The van der Waals surface area contributed by atoms with E-state index >= 15 is 0 Å². The lowest BCUT2D eigenvalue weighted by atomic mass is 9.87. The third-order valence-corrected chi connectivity index (χ3v) is 6.54. The molecule has 1 aromatic heterocycles. The molecule has 1 heterocycles. The molecule has 1 aromatic carbocycles. The molecule has 1 fully saturated rings. The van der Waals surface area contributed by atoms with E-state index in [4.69, 9.17) is 18.9 Å². The summed E-state index contributed by atoms with van der Waals surface area (Å²) in [6.45, 7) is 6.45. The van der Waals surface area contributed by atoms with Gasteiger partial charge >= 0.3 is 0 Å². The van der Waals surface area contributed by atoms with E-state index in [9.17, 15) is 9.18 Å². The lowest BCUT2D eigenvalue weighted by Gasteiger charge is -2.32. The minimum absolute atomic E-state index is 0.0445. The quantitative estimate of drug-likeness (QED) is 0.365. The smallest absolute Gasteiger partial charge is 0.198 e. The highest BCUT2D eigenvalue weighted by Crippen LogP contribution is 2.46. The molecular weight excluding hydrogens is 477 g/mol. The van der Waals surface area contributed by atoms with Crippen molar-refractivity contribution in [2.24, 2.45) is 0 Å². The van der Waals surface area contributed by atoms with Gasteiger partial charge in [0.15, 0.2) is 17.4 Å². The number of fused-ring (bicyclic) bond motifs is 1. The Morgan fingerprint density at radius 2 is 1.91 bits per heavy atom. The number of alkyl halides is 1. The number of rotatable bonds is 10. The molecule has 172 valence electrons. The number of hydrogen-bond donors (Lipinski definition) is 0. The Labute approximate surface area is 196 Å². The van der Waals surface area contributed by atoms with Gasteiger partial charge in [0.1, 0.15) is 23.7 Å². The molecule has 2 aliphatic rings. The first-order chi connectivity index (χ1) is 15.4. The summed E-state index contributed by atoms with van der Waals surface area (Å²) in [5, 5.41) is 0.651. The van der Waals surface area contributed by atoms with Crippen LogP contribution in [0.15, 0.2) is 34.3 Å². The zero-order chi connectivity index (χ0) is 22.8. The van der Waals surface area contributed by atoms with E-state index in [-0.39, 0.29) is 17.5 Å². The van der Waals surface area contributed by atoms with Crippen LogP contribution in [0.2, 0.25) is 0 Å². The van der Waals surface area contributed by atoms with E-state index in [2.05, 4.69) is 22.9 Å². The zero-order valence-electron chi connectivity index (χ0n) is 18.7. The minimum Gasteiger partial charge on any atom is -0.442 e. The van der Waals surface area contributed by atoms with Gasteiger partial charge in [0.05, 0.1) is 6.61 Å². The molecule has 3 atom stereocenters. The van der Waals surface area contributed by atoms with Crippen LogP contribution in [0.3, 0.4) is 0 Å². The first-order valence-electron chi connectivity index (χ1n) is 11.2. The molecule has 5 nitrogen and oxygen atoms in total. The van der Waals surface area contributed by atoms with E-state index in [0.29, 0.717) is 41.5 Å².